The summed E-state index contributed by atoms with van der Waals surface area (Å²) in [5.41, 5.74) is 1.27. The van der Waals surface area contributed by atoms with Gasteiger partial charge in [-0.25, -0.2) is 4.79 Å². The number of thioether (sulfide) groups is 1. The van der Waals surface area contributed by atoms with E-state index in [2.05, 4.69) is 5.32 Å². The fraction of sp³-hybridized carbons (Fsp3) is 0.368. The van der Waals surface area contributed by atoms with Gasteiger partial charge in [-0.3, -0.25) is 4.79 Å². The Morgan fingerprint density at radius 2 is 1.78 bits per heavy atom. The molecule has 0 saturated carbocycles. The second kappa shape index (κ2) is 10.2. The molecular weight excluding hydrogens is 386 g/mol. The minimum absolute atomic E-state index is 0.157. The molecule has 0 fully saturated rings. The first kappa shape index (κ1) is 21.1. The number of methoxy groups -OCH3 is 2. The normalized spacial score (nSPS) is 10.4. The first-order chi connectivity index (χ1) is 13.0. The number of nitrogens with one attached hydrogen (secondary N) is 1. The van der Waals surface area contributed by atoms with E-state index in [0.717, 1.165) is 21.9 Å². The average Bonchev–Trinajstić information content (AvgIpc) is 2.94. The molecule has 2 rings (SSSR count). The highest BCUT2D eigenvalue weighted by Crippen LogP contribution is 2.33. The third-order valence-corrected chi connectivity index (χ3v) is 5.86. The van der Waals surface area contributed by atoms with Crippen LogP contribution in [0.5, 0.6) is 11.5 Å². The van der Waals surface area contributed by atoms with E-state index < -0.39 is 5.97 Å². The van der Waals surface area contributed by atoms with Crippen molar-refractivity contribution >= 4 is 40.0 Å². The molecule has 1 aromatic heterocycles. The van der Waals surface area contributed by atoms with Crippen LogP contribution in [0.4, 0.5) is 5.00 Å². The molecule has 0 aliphatic carbocycles. The Balaban J connectivity index is 1.76. The fourth-order valence-electron chi connectivity index (χ4n) is 2.28. The molecule has 1 N–H and O–H groups in total. The average molecular weight is 410 g/mol. The summed E-state index contributed by atoms with van der Waals surface area (Å²) in [4.78, 5) is 25.1. The standard InChI is InChI=1S/C19H23NO5S2/c1-12-13(2)27-18(17(12)19(22)24-4)20-16(21)11-26-10-9-25-15-7-5-14(23-3)6-8-15/h5-8H,9-11H2,1-4H3,(H,20,21). The van der Waals surface area contributed by atoms with E-state index in [1.807, 2.05) is 38.1 Å². The molecule has 146 valence electrons. The van der Waals surface area contributed by atoms with E-state index in [4.69, 9.17) is 14.2 Å². The number of benzene rings is 1. The highest BCUT2D eigenvalue weighted by molar-refractivity contribution is 7.99. The predicted octanol–water partition coefficient (Wildman–Crippen LogP) is 3.91. The third kappa shape index (κ3) is 5.90. The van der Waals surface area contributed by atoms with Gasteiger partial charge in [0.1, 0.15) is 16.5 Å². The summed E-state index contributed by atoms with van der Waals surface area (Å²) in [6.07, 6.45) is 0. The van der Waals surface area contributed by atoms with Crippen LogP contribution in [-0.2, 0) is 9.53 Å². The number of thiophene rings is 1. The lowest BCUT2D eigenvalue weighted by Crippen LogP contribution is -2.16. The second-order valence-electron chi connectivity index (χ2n) is 5.60. The zero-order chi connectivity index (χ0) is 19.8. The molecule has 0 unspecified atom stereocenters. The van der Waals surface area contributed by atoms with Gasteiger partial charge in [0.05, 0.1) is 32.1 Å². The number of amides is 1. The van der Waals surface area contributed by atoms with Crippen molar-refractivity contribution in [3.05, 3.63) is 40.3 Å². The molecule has 0 radical (unpaired) electrons. The summed E-state index contributed by atoms with van der Waals surface area (Å²) in [7, 11) is 2.95. The molecule has 6 nitrogen and oxygen atoms in total. The van der Waals surface area contributed by atoms with Crippen LogP contribution in [0.25, 0.3) is 0 Å². The zero-order valence-corrected chi connectivity index (χ0v) is 17.4. The lowest BCUT2D eigenvalue weighted by atomic mass is 10.1. The van der Waals surface area contributed by atoms with Gasteiger partial charge in [0.15, 0.2) is 0 Å². The van der Waals surface area contributed by atoms with Crippen LogP contribution in [0, 0.1) is 13.8 Å². The maximum atomic E-state index is 12.2. The topological polar surface area (TPSA) is 73.9 Å². The minimum Gasteiger partial charge on any atom is -0.497 e. The molecule has 1 heterocycles. The number of carbonyl (C=O) groups excluding carboxylic acids is 2. The van der Waals surface area contributed by atoms with Gasteiger partial charge in [-0.1, -0.05) is 0 Å². The molecule has 8 heteroatoms. The Morgan fingerprint density at radius 1 is 1.11 bits per heavy atom. The largest absolute Gasteiger partial charge is 0.497 e. The molecule has 0 spiro atoms. The third-order valence-electron chi connectivity index (χ3n) is 3.82. The Bertz CT molecular complexity index is 786. The van der Waals surface area contributed by atoms with E-state index in [0.29, 0.717) is 22.9 Å². The number of rotatable bonds is 9. The Labute approximate surface area is 167 Å². The van der Waals surface area contributed by atoms with Gasteiger partial charge in [-0.15, -0.1) is 23.1 Å². The van der Waals surface area contributed by atoms with Gasteiger partial charge in [-0.2, -0.15) is 0 Å². The second-order valence-corrected chi connectivity index (χ2v) is 7.93. The number of aryl methyl sites for hydroxylation is 1. The molecule has 2 aromatic rings. The van der Waals surface area contributed by atoms with Gasteiger partial charge in [0.2, 0.25) is 5.91 Å². The highest BCUT2D eigenvalue weighted by atomic mass is 32.2. The molecule has 0 saturated heterocycles. The van der Waals surface area contributed by atoms with Crippen molar-refractivity contribution in [2.24, 2.45) is 0 Å². The first-order valence-electron chi connectivity index (χ1n) is 8.29. The maximum Gasteiger partial charge on any atom is 0.341 e. The van der Waals surface area contributed by atoms with Gasteiger partial charge in [0.25, 0.3) is 0 Å². The van der Waals surface area contributed by atoms with Crippen molar-refractivity contribution in [1.82, 2.24) is 0 Å². The number of esters is 1. The van der Waals surface area contributed by atoms with Gasteiger partial charge >= 0.3 is 5.97 Å². The monoisotopic (exact) mass is 409 g/mol. The van der Waals surface area contributed by atoms with Crippen molar-refractivity contribution in [2.75, 3.05) is 37.6 Å². The van der Waals surface area contributed by atoms with E-state index in [1.54, 1.807) is 7.11 Å². The molecule has 0 bridgehead atoms. The SMILES string of the molecule is COC(=O)c1c(NC(=O)CSCCOc2ccc(OC)cc2)sc(C)c1C. The lowest BCUT2D eigenvalue weighted by molar-refractivity contribution is -0.113. The van der Waals surface area contributed by atoms with Crippen molar-refractivity contribution in [3.8, 4) is 11.5 Å². The van der Waals surface area contributed by atoms with Crippen LogP contribution in [0.2, 0.25) is 0 Å². The number of carbonyl (C=O) groups is 2. The zero-order valence-electron chi connectivity index (χ0n) is 15.8. The van der Waals surface area contributed by atoms with Crippen molar-refractivity contribution in [2.45, 2.75) is 13.8 Å². The minimum atomic E-state index is -0.437. The van der Waals surface area contributed by atoms with E-state index in [-0.39, 0.29) is 11.7 Å². The summed E-state index contributed by atoms with van der Waals surface area (Å²) >= 11 is 2.85. The van der Waals surface area contributed by atoms with Crippen molar-refractivity contribution < 1.29 is 23.8 Å². The summed E-state index contributed by atoms with van der Waals surface area (Å²) in [6, 6.07) is 7.34. The van der Waals surface area contributed by atoms with Crippen LogP contribution >= 0.6 is 23.1 Å². The summed E-state index contributed by atoms with van der Waals surface area (Å²) in [6.45, 7) is 4.25. The summed E-state index contributed by atoms with van der Waals surface area (Å²) in [5.74, 6) is 1.89. The van der Waals surface area contributed by atoms with Crippen LogP contribution in [0.15, 0.2) is 24.3 Å². The van der Waals surface area contributed by atoms with Crippen LogP contribution in [-0.4, -0.2) is 44.2 Å². The van der Waals surface area contributed by atoms with E-state index in [9.17, 15) is 9.59 Å². The fourth-order valence-corrected chi connectivity index (χ4v) is 3.95. The quantitative estimate of drug-likeness (QED) is 0.500. The number of hydrogen-bond donors (Lipinski definition) is 1. The highest BCUT2D eigenvalue weighted by Gasteiger charge is 2.21. The number of anilines is 1. The van der Waals surface area contributed by atoms with E-state index in [1.165, 1.54) is 30.2 Å². The Morgan fingerprint density at radius 3 is 2.41 bits per heavy atom. The predicted molar refractivity (Wildman–Crippen MR) is 110 cm³/mol. The molecule has 0 aliphatic heterocycles. The number of ether oxygens (including phenoxy) is 3. The Kier molecular flexibility index (Phi) is 7.99. The molecule has 0 atom stereocenters. The number of hydrogen-bond acceptors (Lipinski definition) is 7. The van der Waals surface area contributed by atoms with Gasteiger partial charge in [-0.05, 0) is 43.7 Å². The van der Waals surface area contributed by atoms with E-state index >= 15 is 0 Å². The smallest absolute Gasteiger partial charge is 0.341 e. The van der Waals surface area contributed by atoms with Gasteiger partial charge in [0, 0.05) is 10.6 Å². The van der Waals surface area contributed by atoms with Crippen LogP contribution in [0.1, 0.15) is 20.8 Å². The van der Waals surface area contributed by atoms with Crippen molar-refractivity contribution in [3.63, 3.8) is 0 Å². The van der Waals surface area contributed by atoms with Gasteiger partial charge < -0.3 is 19.5 Å². The first-order valence-corrected chi connectivity index (χ1v) is 10.3. The van der Waals surface area contributed by atoms with Crippen molar-refractivity contribution in [1.29, 1.82) is 0 Å². The molecular formula is C19H23NO5S2. The van der Waals surface area contributed by atoms with Crippen LogP contribution < -0.4 is 14.8 Å². The molecule has 1 amide bonds. The lowest BCUT2D eigenvalue weighted by Gasteiger charge is -2.08. The summed E-state index contributed by atoms with van der Waals surface area (Å²) in [5, 5.41) is 3.35. The molecule has 0 aliphatic rings. The molecule has 27 heavy (non-hydrogen) atoms. The maximum absolute atomic E-state index is 12.2. The molecule has 1 aromatic carbocycles. The Hall–Kier alpha value is -2.19. The summed E-state index contributed by atoms with van der Waals surface area (Å²) < 4.78 is 15.5. The van der Waals surface area contributed by atoms with Crippen LogP contribution in [0.3, 0.4) is 0 Å².